The molecule has 0 bridgehead atoms. The molecular formula is C13H23NO3. The Labute approximate surface area is 104 Å². The molecule has 0 heterocycles. The quantitative estimate of drug-likeness (QED) is 0.360. The first-order valence-electron chi connectivity index (χ1n) is 6.17. The van der Waals surface area contributed by atoms with Crippen LogP contribution < -0.4 is 5.32 Å². The lowest BCUT2D eigenvalue weighted by Gasteiger charge is -2.16. The van der Waals surface area contributed by atoms with E-state index in [4.69, 9.17) is 15.9 Å². The van der Waals surface area contributed by atoms with Crippen molar-refractivity contribution in [1.29, 1.82) is 0 Å². The first-order chi connectivity index (χ1) is 8.24. The minimum atomic E-state index is -0.160. The Hall–Kier alpha value is -1.05. The summed E-state index contributed by atoms with van der Waals surface area (Å²) in [6.07, 6.45) is 7.44. The lowest BCUT2D eigenvalue weighted by molar-refractivity contribution is -0.140. The summed E-state index contributed by atoms with van der Waals surface area (Å²) >= 11 is 0. The average molecular weight is 241 g/mol. The number of ether oxygens (including phenoxy) is 2. The number of rotatable bonds is 10. The van der Waals surface area contributed by atoms with E-state index < -0.39 is 0 Å². The molecule has 0 atom stereocenters. The zero-order chi connectivity index (χ0) is 12.9. The average Bonchev–Trinajstić information content (AvgIpc) is 2.32. The SMILES string of the molecule is C#CCCC(=O)NCCCC(OCC)OCC. The highest BCUT2D eigenvalue weighted by atomic mass is 16.7. The van der Waals surface area contributed by atoms with Crippen LogP contribution in [0.2, 0.25) is 0 Å². The topological polar surface area (TPSA) is 47.6 Å². The van der Waals surface area contributed by atoms with E-state index in [2.05, 4.69) is 11.2 Å². The van der Waals surface area contributed by atoms with Crippen molar-refractivity contribution in [3.8, 4) is 12.3 Å². The second-order valence-corrected chi connectivity index (χ2v) is 3.54. The lowest BCUT2D eigenvalue weighted by Crippen LogP contribution is -2.26. The Balaban J connectivity index is 3.53. The van der Waals surface area contributed by atoms with Crippen LogP contribution in [-0.2, 0) is 14.3 Å². The Morgan fingerprint density at radius 3 is 2.53 bits per heavy atom. The molecule has 0 aromatic carbocycles. The van der Waals surface area contributed by atoms with Crippen LogP contribution >= 0.6 is 0 Å². The van der Waals surface area contributed by atoms with Crippen molar-refractivity contribution >= 4 is 5.91 Å². The minimum absolute atomic E-state index is 0.00678. The first-order valence-corrected chi connectivity index (χ1v) is 6.17. The van der Waals surface area contributed by atoms with Gasteiger partial charge in [0, 0.05) is 39.0 Å². The second kappa shape index (κ2) is 11.4. The van der Waals surface area contributed by atoms with Crippen molar-refractivity contribution in [2.75, 3.05) is 19.8 Å². The number of hydrogen-bond donors (Lipinski definition) is 1. The van der Waals surface area contributed by atoms with Crippen LogP contribution in [0.15, 0.2) is 0 Å². The molecule has 4 heteroatoms. The predicted octanol–water partition coefficient (Wildman–Crippen LogP) is 1.70. The summed E-state index contributed by atoms with van der Waals surface area (Å²) in [7, 11) is 0. The Kier molecular flexibility index (Phi) is 10.7. The van der Waals surface area contributed by atoms with Crippen LogP contribution in [0.4, 0.5) is 0 Å². The Morgan fingerprint density at radius 2 is 2.00 bits per heavy atom. The van der Waals surface area contributed by atoms with E-state index in [0.717, 1.165) is 12.8 Å². The highest BCUT2D eigenvalue weighted by Crippen LogP contribution is 2.03. The van der Waals surface area contributed by atoms with E-state index in [1.165, 1.54) is 0 Å². The van der Waals surface area contributed by atoms with Crippen LogP contribution in [0.3, 0.4) is 0 Å². The number of terminal acetylenes is 1. The summed E-state index contributed by atoms with van der Waals surface area (Å²) in [5, 5.41) is 2.81. The predicted molar refractivity (Wildman–Crippen MR) is 67.4 cm³/mol. The van der Waals surface area contributed by atoms with Gasteiger partial charge in [0.25, 0.3) is 0 Å². The molecule has 0 saturated heterocycles. The normalized spacial score (nSPS) is 10.2. The molecule has 0 aliphatic carbocycles. The standard InChI is InChI=1S/C13H23NO3/c1-4-7-9-12(15)14-11-8-10-13(16-5-2)17-6-3/h1,13H,5-11H2,2-3H3,(H,14,15). The van der Waals surface area contributed by atoms with Gasteiger partial charge >= 0.3 is 0 Å². The van der Waals surface area contributed by atoms with Crippen LogP contribution in [0.5, 0.6) is 0 Å². The van der Waals surface area contributed by atoms with Gasteiger partial charge in [0.05, 0.1) is 0 Å². The van der Waals surface area contributed by atoms with Gasteiger partial charge in [-0.2, -0.15) is 0 Å². The first kappa shape index (κ1) is 16.0. The van der Waals surface area contributed by atoms with Crippen molar-refractivity contribution in [3.05, 3.63) is 0 Å². The fourth-order valence-electron chi connectivity index (χ4n) is 1.36. The lowest BCUT2D eigenvalue weighted by atomic mass is 10.2. The van der Waals surface area contributed by atoms with Gasteiger partial charge in [0.2, 0.25) is 5.91 Å². The Morgan fingerprint density at radius 1 is 1.35 bits per heavy atom. The van der Waals surface area contributed by atoms with Crippen molar-refractivity contribution in [3.63, 3.8) is 0 Å². The zero-order valence-electron chi connectivity index (χ0n) is 10.8. The monoisotopic (exact) mass is 241 g/mol. The van der Waals surface area contributed by atoms with E-state index >= 15 is 0 Å². The van der Waals surface area contributed by atoms with E-state index in [0.29, 0.717) is 32.6 Å². The van der Waals surface area contributed by atoms with Crippen molar-refractivity contribution in [2.24, 2.45) is 0 Å². The number of amides is 1. The number of hydrogen-bond acceptors (Lipinski definition) is 3. The third-order valence-electron chi connectivity index (χ3n) is 2.14. The van der Waals surface area contributed by atoms with Gasteiger partial charge in [-0.1, -0.05) is 0 Å². The van der Waals surface area contributed by atoms with Crippen LogP contribution in [0, 0.1) is 12.3 Å². The van der Waals surface area contributed by atoms with Crippen LogP contribution in [-0.4, -0.2) is 32.0 Å². The van der Waals surface area contributed by atoms with Crippen LogP contribution in [0.25, 0.3) is 0 Å². The largest absolute Gasteiger partial charge is 0.356 e. The van der Waals surface area contributed by atoms with Crippen LogP contribution in [0.1, 0.15) is 39.5 Å². The van der Waals surface area contributed by atoms with Gasteiger partial charge in [-0.05, 0) is 20.3 Å². The summed E-state index contributed by atoms with van der Waals surface area (Å²) in [6, 6.07) is 0. The minimum Gasteiger partial charge on any atom is -0.356 e. The molecule has 1 N–H and O–H groups in total. The van der Waals surface area contributed by atoms with Gasteiger partial charge in [0.15, 0.2) is 6.29 Å². The molecule has 17 heavy (non-hydrogen) atoms. The zero-order valence-corrected chi connectivity index (χ0v) is 10.8. The van der Waals surface area contributed by atoms with Gasteiger partial charge < -0.3 is 14.8 Å². The number of carbonyl (C=O) groups is 1. The van der Waals surface area contributed by atoms with E-state index in [1.807, 2.05) is 13.8 Å². The van der Waals surface area contributed by atoms with Gasteiger partial charge in [-0.15, -0.1) is 12.3 Å². The van der Waals surface area contributed by atoms with Crippen molar-refractivity contribution in [1.82, 2.24) is 5.32 Å². The molecule has 0 aliphatic heterocycles. The molecule has 0 rings (SSSR count). The molecule has 1 amide bonds. The molecule has 0 aromatic heterocycles. The maximum absolute atomic E-state index is 11.2. The molecule has 0 unspecified atom stereocenters. The van der Waals surface area contributed by atoms with Crippen molar-refractivity contribution < 1.29 is 14.3 Å². The fraction of sp³-hybridized carbons (Fsp3) is 0.769. The van der Waals surface area contributed by atoms with E-state index in [9.17, 15) is 4.79 Å². The second-order valence-electron chi connectivity index (χ2n) is 3.54. The van der Waals surface area contributed by atoms with Gasteiger partial charge in [0.1, 0.15) is 0 Å². The summed E-state index contributed by atoms with van der Waals surface area (Å²) < 4.78 is 10.8. The third kappa shape index (κ3) is 9.86. The van der Waals surface area contributed by atoms with E-state index in [-0.39, 0.29) is 12.2 Å². The molecule has 4 nitrogen and oxygen atoms in total. The number of nitrogens with one attached hydrogen (secondary N) is 1. The summed E-state index contributed by atoms with van der Waals surface area (Å²) in [5.74, 6) is 2.45. The molecular weight excluding hydrogens is 218 g/mol. The molecule has 98 valence electrons. The number of carbonyl (C=O) groups excluding carboxylic acids is 1. The summed E-state index contributed by atoms with van der Waals surface area (Å²) in [6.45, 7) is 5.79. The fourth-order valence-corrected chi connectivity index (χ4v) is 1.36. The molecule has 0 aromatic rings. The maximum Gasteiger partial charge on any atom is 0.220 e. The van der Waals surface area contributed by atoms with Gasteiger partial charge in [-0.25, -0.2) is 0 Å². The molecule has 0 aliphatic rings. The smallest absolute Gasteiger partial charge is 0.220 e. The molecule has 0 saturated carbocycles. The Bertz CT molecular complexity index is 229. The molecule has 0 spiro atoms. The highest BCUT2D eigenvalue weighted by molar-refractivity contribution is 5.76. The summed E-state index contributed by atoms with van der Waals surface area (Å²) in [5.41, 5.74) is 0. The molecule has 0 fully saturated rings. The summed E-state index contributed by atoms with van der Waals surface area (Å²) in [4.78, 5) is 11.2. The highest BCUT2D eigenvalue weighted by Gasteiger charge is 2.07. The van der Waals surface area contributed by atoms with Gasteiger partial charge in [-0.3, -0.25) is 4.79 Å². The third-order valence-corrected chi connectivity index (χ3v) is 2.14. The molecule has 0 radical (unpaired) electrons. The van der Waals surface area contributed by atoms with Crippen molar-refractivity contribution in [2.45, 2.75) is 45.8 Å². The van der Waals surface area contributed by atoms with E-state index in [1.54, 1.807) is 0 Å². The maximum atomic E-state index is 11.2.